The van der Waals surface area contributed by atoms with E-state index >= 15 is 0 Å². The maximum atomic E-state index is 5.27. The van der Waals surface area contributed by atoms with Crippen LogP contribution in [0.25, 0.3) is 137 Å². The highest BCUT2D eigenvalue weighted by atomic mass is 32.1. The van der Waals surface area contributed by atoms with Crippen molar-refractivity contribution in [3.63, 3.8) is 0 Å². The second-order valence-corrected chi connectivity index (χ2v) is 19.0. The molecule has 5 heterocycles. The second-order valence-electron chi connectivity index (χ2n) is 17.9. The fourth-order valence-corrected chi connectivity index (χ4v) is 12.4. The summed E-state index contributed by atoms with van der Waals surface area (Å²) >= 11 is 1.80. The largest absolute Gasteiger partial charge is 0.309 e. The molecule has 0 amide bonds. The van der Waals surface area contributed by atoms with Gasteiger partial charge in [0.2, 0.25) is 0 Å². The number of fused-ring (bicyclic) bond motifs is 13. The van der Waals surface area contributed by atoms with E-state index in [9.17, 15) is 0 Å². The summed E-state index contributed by atoms with van der Waals surface area (Å²) in [6, 6.07) is 82.7. The predicted octanol–water partition coefficient (Wildman–Crippen LogP) is 16.5. The van der Waals surface area contributed by atoms with Crippen LogP contribution in [0.15, 0.2) is 231 Å². The molecule has 0 aliphatic heterocycles. The van der Waals surface area contributed by atoms with Crippen LogP contribution in [0, 0.1) is 0 Å². The first-order valence-electron chi connectivity index (χ1n) is 23.6. The van der Waals surface area contributed by atoms with Crippen molar-refractivity contribution in [1.82, 2.24) is 28.7 Å². The van der Waals surface area contributed by atoms with E-state index in [2.05, 4.69) is 208 Å². The SMILES string of the molecule is c1ccc(-c2nc(-c3ccccc3)nc(-c3ccc(-n4c5ccccc5c5cc(-n6c7ccccc7c7ccccc76)c6c7ccccc7n(-c7ccccc7)c6c54)c4c3sc3ccccc34)n2)cc1. The van der Waals surface area contributed by atoms with E-state index in [1.54, 1.807) is 11.3 Å². The number of hydrogen-bond donors (Lipinski definition) is 0. The summed E-state index contributed by atoms with van der Waals surface area (Å²) in [4.78, 5) is 15.6. The minimum atomic E-state index is 0.639. The molecular weight excluding hydrogens is 873 g/mol. The van der Waals surface area contributed by atoms with Gasteiger partial charge in [-0.15, -0.1) is 11.3 Å². The van der Waals surface area contributed by atoms with Crippen molar-refractivity contribution in [1.29, 1.82) is 0 Å². The summed E-state index contributed by atoms with van der Waals surface area (Å²) in [5, 5.41) is 9.55. The van der Waals surface area contributed by atoms with E-state index in [1.165, 1.54) is 53.4 Å². The molecule has 7 heteroatoms. The molecular formula is C63H38N6S. The molecule has 0 unspecified atom stereocenters. The molecule has 6 nitrogen and oxygen atoms in total. The maximum absolute atomic E-state index is 5.27. The lowest BCUT2D eigenvalue weighted by atomic mass is 10.0. The molecule has 15 rings (SSSR count). The third-order valence-electron chi connectivity index (χ3n) is 14.1. The Kier molecular flexibility index (Phi) is 8.43. The Morgan fingerprint density at radius 1 is 0.314 bits per heavy atom. The average Bonchev–Trinajstić information content (AvgIpc) is 4.18. The quantitative estimate of drug-likeness (QED) is 0.167. The zero-order valence-corrected chi connectivity index (χ0v) is 38.3. The van der Waals surface area contributed by atoms with E-state index in [4.69, 9.17) is 15.0 Å². The molecule has 0 aliphatic rings. The highest BCUT2D eigenvalue weighted by Crippen LogP contribution is 2.49. The van der Waals surface area contributed by atoms with Gasteiger partial charge in [0.05, 0.1) is 44.5 Å². The van der Waals surface area contributed by atoms with Crippen molar-refractivity contribution >= 4 is 96.9 Å². The minimum absolute atomic E-state index is 0.639. The Hall–Kier alpha value is -9.17. The Morgan fingerprint density at radius 2 is 0.786 bits per heavy atom. The molecule has 15 aromatic rings. The minimum Gasteiger partial charge on any atom is -0.309 e. The van der Waals surface area contributed by atoms with Gasteiger partial charge in [-0.25, -0.2) is 15.0 Å². The van der Waals surface area contributed by atoms with Crippen LogP contribution in [-0.4, -0.2) is 28.7 Å². The molecule has 0 bridgehead atoms. The fraction of sp³-hybridized carbons (Fsp3) is 0. The third kappa shape index (κ3) is 5.64. The van der Waals surface area contributed by atoms with Gasteiger partial charge in [0.25, 0.3) is 0 Å². The number of aromatic nitrogens is 6. The molecule has 0 aliphatic carbocycles. The van der Waals surface area contributed by atoms with Crippen LogP contribution in [0.5, 0.6) is 0 Å². The van der Waals surface area contributed by atoms with Crippen molar-refractivity contribution in [3.05, 3.63) is 231 Å². The van der Waals surface area contributed by atoms with Crippen LogP contribution < -0.4 is 0 Å². The highest BCUT2D eigenvalue weighted by Gasteiger charge is 2.28. The number of hydrogen-bond acceptors (Lipinski definition) is 4. The molecule has 0 N–H and O–H groups in total. The lowest BCUT2D eigenvalue weighted by Gasteiger charge is -2.17. The van der Waals surface area contributed by atoms with Crippen molar-refractivity contribution < 1.29 is 0 Å². The summed E-state index contributed by atoms with van der Waals surface area (Å²) < 4.78 is 9.87. The molecule has 0 saturated heterocycles. The zero-order valence-electron chi connectivity index (χ0n) is 37.5. The smallest absolute Gasteiger partial charge is 0.165 e. The van der Waals surface area contributed by atoms with Gasteiger partial charge in [0.15, 0.2) is 17.5 Å². The van der Waals surface area contributed by atoms with E-state index < -0.39 is 0 Å². The van der Waals surface area contributed by atoms with Gasteiger partial charge >= 0.3 is 0 Å². The first-order chi connectivity index (χ1) is 34.8. The molecule has 10 aromatic carbocycles. The van der Waals surface area contributed by atoms with Crippen molar-refractivity contribution in [2.75, 3.05) is 0 Å². The van der Waals surface area contributed by atoms with Crippen LogP contribution in [0.3, 0.4) is 0 Å². The first kappa shape index (κ1) is 38.9. The molecule has 0 spiro atoms. The van der Waals surface area contributed by atoms with E-state index in [-0.39, 0.29) is 0 Å². The van der Waals surface area contributed by atoms with Gasteiger partial charge in [0.1, 0.15) is 0 Å². The standard InChI is InChI=1S/C63H38N6S/c1-4-20-39(21-5-1)61-64-62(40-22-6-2-7-23-40)66-63(65-61)47-36-37-53(57-46-30-14-19-35-55(46)70-60(47)57)69-51-33-17-12-28-44(51)48-38-54(68-49-31-15-10-26-42(49)43-27-11-16-32-50(43)68)56-45-29-13-18-34-52(45)67(59(56)58(48)69)41-24-8-3-9-25-41/h1-38H. The van der Waals surface area contributed by atoms with Crippen molar-refractivity contribution in [3.8, 4) is 51.2 Å². The lowest BCUT2D eigenvalue weighted by Crippen LogP contribution is -2.02. The fourth-order valence-electron chi connectivity index (χ4n) is 11.1. The summed E-state index contributed by atoms with van der Waals surface area (Å²) in [6.07, 6.45) is 0. The number of para-hydroxylation sites is 5. The highest BCUT2D eigenvalue weighted by molar-refractivity contribution is 7.26. The topological polar surface area (TPSA) is 53.5 Å². The Labute approximate surface area is 405 Å². The summed E-state index contributed by atoms with van der Waals surface area (Å²) in [6.45, 7) is 0. The summed E-state index contributed by atoms with van der Waals surface area (Å²) in [5.41, 5.74) is 13.1. The molecule has 0 radical (unpaired) electrons. The van der Waals surface area contributed by atoms with Gasteiger partial charge in [-0.2, -0.15) is 0 Å². The molecule has 0 saturated carbocycles. The number of nitrogens with zero attached hydrogens (tertiary/aromatic N) is 6. The van der Waals surface area contributed by atoms with E-state index in [0.717, 1.165) is 65.9 Å². The Balaban J connectivity index is 1.11. The average molecular weight is 911 g/mol. The van der Waals surface area contributed by atoms with Crippen LogP contribution in [0.1, 0.15) is 0 Å². The van der Waals surface area contributed by atoms with E-state index in [0.29, 0.717) is 17.5 Å². The number of thiophene rings is 1. The maximum Gasteiger partial charge on any atom is 0.165 e. The van der Waals surface area contributed by atoms with Crippen LogP contribution in [0.4, 0.5) is 0 Å². The lowest BCUT2D eigenvalue weighted by molar-refractivity contribution is 1.08. The van der Waals surface area contributed by atoms with Crippen molar-refractivity contribution in [2.45, 2.75) is 0 Å². The number of rotatable bonds is 6. The Morgan fingerprint density at radius 3 is 1.40 bits per heavy atom. The Bertz CT molecular complexity index is 4470. The van der Waals surface area contributed by atoms with Crippen molar-refractivity contribution in [2.24, 2.45) is 0 Å². The van der Waals surface area contributed by atoms with Crippen LogP contribution in [0.2, 0.25) is 0 Å². The normalized spacial score (nSPS) is 12.0. The molecule has 5 aromatic heterocycles. The van der Waals surface area contributed by atoms with E-state index in [1.807, 2.05) is 36.4 Å². The van der Waals surface area contributed by atoms with Gasteiger partial charge in [-0.1, -0.05) is 170 Å². The zero-order chi connectivity index (χ0) is 45.9. The second kappa shape index (κ2) is 15.2. The molecule has 326 valence electrons. The number of benzene rings is 10. The van der Waals surface area contributed by atoms with Crippen LogP contribution in [-0.2, 0) is 0 Å². The van der Waals surface area contributed by atoms with Gasteiger partial charge < -0.3 is 13.7 Å². The van der Waals surface area contributed by atoms with Gasteiger partial charge in [-0.3, -0.25) is 0 Å². The van der Waals surface area contributed by atoms with Crippen LogP contribution >= 0.6 is 11.3 Å². The predicted molar refractivity (Wildman–Crippen MR) is 292 cm³/mol. The first-order valence-corrected chi connectivity index (χ1v) is 24.4. The molecule has 70 heavy (non-hydrogen) atoms. The summed E-state index contributed by atoms with van der Waals surface area (Å²) in [7, 11) is 0. The summed E-state index contributed by atoms with van der Waals surface area (Å²) in [5.74, 6) is 1.92. The molecule has 0 fully saturated rings. The third-order valence-corrected chi connectivity index (χ3v) is 15.3. The monoisotopic (exact) mass is 910 g/mol. The van der Waals surface area contributed by atoms with Gasteiger partial charge in [0, 0.05) is 74.9 Å². The van der Waals surface area contributed by atoms with Gasteiger partial charge in [-0.05, 0) is 60.7 Å². The molecule has 0 atom stereocenters.